The molecule has 0 saturated carbocycles. The summed E-state index contributed by atoms with van der Waals surface area (Å²) in [7, 11) is 2.06. The Morgan fingerprint density at radius 2 is 2.04 bits per heavy atom. The fraction of sp³-hybridized carbons (Fsp3) is 0.722. The van der Waals surface area contributed by atoms with E-state index < -0.39 is 0 Å². The van der Waals surface area contributed by atoms with Crippen LogP contribution in [0.5, 0.6) is 0 Å². The van der Waals surface area contributed by atoms with Crippen molar-refractivity contribution in [1.29, 1.82) is 0 Å². The smallest absolute Gasteiger partial charge is 0.226 e. The van der Waals surface area contributed by atoms with Gasteiger partial charge in [0.1, 0.15) is 0 Å². The van der Waals surface area contributed by atoms with Gasteiger partial charge < -0.3 is 15.0 Å². The van der Waals surface area contributed by atoms with Gasteiger partial charge in [-0.05, 0) is 26.8 Å². The number of hydrogen-bond acceptors (Lipinski definition) is 6. The number of ether oxygens (including phenoxy) is 1. The first-order valence-corrected chi connectivity index (χ1v) is 10.2. The second-order valence-electron chi connectivity index (χ2n) is 7.09. The van der Waals surface area contributed by atoms with Crippen LogP contribution in [0.3, 0.4) is 0 Å². The zero-order chi connectivity index (χ0) is 18.5. The zero-order valence-electron chi connectivity index (χ0n) is 15.6. The van der Waals surface area contributed by atoms with E-state index in [0.717, 1.165) is 23.5 Å². The summed E-state index contributed by atoms with van der Waals surface area (Å²) >= 11 is 1.56. The highest BCUT2D eigenvalue weighted by Gasteiger charge is 2.33. The molecule has 2 fully saturated rings. The van der Waals surface area contributed by atoms with Crippen molar-refractivity contribution in [3.05, 3.63) is 16.1 Å². The number of rotatable bonds is 6. The van der Waals surface area contributed by atoms with Gasteiger partial charge in [-0.1, -0.05) is 0 Å². The molecule has 0 aromatic carbocycles. The Morgan fingerprint density at radius 1 is 1.31 bits per heavy atom. The lowest BCUT2D eigenvalue weighted by Gasteiger charge is -2.30. The van der Waals surface area contributed by atoms with E-state index in [1.165, 1.54) is 0 Å². The highest BCUT2D eigenvalue weighted by Crippen LogP contribution is 2.25. The third kappa shape index (κ3) is 5.02. The molecule has 1 N–H and O–H groups in total. The second kappa shape index (κ2) is 8.92. The van der Waals surface area contributed by atoms with Crippen molar-refractivity contribution in [2.45, 2.75) is 44.7 Å². The Kier molecular flexibility index (Phi) is 6.61. The fourth-order valence-corrected chi connectivity index (χ4v) is 4.29. The van der Waals surface area contributed by atoms with Crippen molar-refractivity contribution >= 4 is 23.2 Å². The number of nitrogens with one attached hydrogen (secondary N) is 1. The summed E-state index contributed by atoms with van der Waals surface area (Å²) in [5, 5.41) is 5.94. The van der Waals surface area contributed by atoms with Crippen LogP contribution in [0.1, 0.15) is 30.0 Å². The minimum absolute atomic E-state index is 0.0107. The first kappa shape index (κ1) is 19.3. The summed E-state index contributed by atoms with van der Waals surface area (Å²) in [6.07, 6.45) is 2.89. The summed E-state index contributed by atoms with van der Waals surface area (Å²) in [6.45, 7) is 5.24. The number of amides is 2. The molecule has 7 nitrogen and oxygen atoms in total. The topological polar surface area (TPSA) is 74.8 Å². The number of likely N-dealkylation sites (N-methyl/N-ethyl adjacent to an activating group) is 1. The minimum Gasteiger partial charge on any atom is -0.378 e. The van der Waals surface area contributed by atoms with Gasteiger partial charge in [0.2, 0.25) is 11.8 Å². The number of aromatic nitrogens is 1. The Bertz CT molecular complexity index is 630. The van der Waals surface area contributed by atoms with Crippen LogP contribution in [-0.4, -0.2) is 78.6 Å². The number of likely N-dealkylation sites (tertiary alicyclic amines) is 1. The maximum atomic E-state index is 12.4. The van der Waals surface area contributed by atoms with Gasteiger partial charge in [0, 0.05) is 43.5 Å². The van der Waals surface area contributed by atoms with Gasteiger partial charge in [-0.2, -0.15) is 0 Å². The van der Waals surface area contributed by atoms with Crippen molar-refractivity contribution < 1.29 is 14.3 Å². The van der Waals surface area contributed by atoms with Crippen LogP contribution in [0.4, 0.5) is 0 Å². The molecular weight excluding hydrogens is 352 g/mol. The number of hydrogen-bond donors (Lipinski definition) is 1. The van der Waals surface area contributed by atoms with Crippen LogP contribution in [-0.2, 0) is 20.7 Å². The largest absolute Gasteiger partial charge is 0.378 e. The van der Waals surface area contributed by atoms with Crippen molar-refractivity contribution in [3.8, 4) is 0 Å². The summed E-state index contributed by atoms with van der Waals surface area (Å²) in [4.78, 5) is 33.1. The molecule has 2 aliphatic heterocycles. The van der Waals surface area contributed by atoms with Crippen molar-refractivity contribution in [3.63, 3.8) is 0 Å². The Morgan fingerprint density at radius 3 is 2.73 bits per heavy atom. The molecule has 26 heavy (non-hydrogen) atoms. The van der Waals surface area contributed by atoms with Gasteiger partial charge in [-0.15, -0.1) is 11.3 Å². The molecule has 3 heterocycles. The number of morpholine rings is 1. The molecule has 0 radical (unpaired) electrons. The normalized spacial score (nSPS) is 24.0. The van der Waals surface area contributed by atoms with E-state index in [-0.39, 0.29) is 17.9 Å². The molecule has 0 aliphatic carbocycles. The molecule has 2 amide bonds. The molecule has 144 valence electrons. The molecule has 3 rings (SSSR count). The Hall–Kier alpha value is -1.51. The predicted octanol–water partition coefficient (Wildman–Crippen LogP) is 0.822. The lowest BCUT2D eigenvalue weighted by Crippen LogP contribution is -2.45. The first-order chi connectivity index (χ1) is 12.5. The van der Waals surface area contributed by atoms with E-state index >= 15 is 0 Å². The Balaban J connectivity index is 1.41. The average Bonchev–Trinajstić information content (AvgIpc) is 3.20. The lowest BCUT2D eigenvalue weighted by atomic mass is 10.1. The maximum absolute atomic E-state index is 12.4. The maximum Gasteiger partial charge on any atom is 0.226 e. The van der Waals surface area contributed by atoms with E-state index in [0.29, 0.717) is 51.7 Å². The average molecular weight is 381 g/mol. The van der Waals surface area contributed by atoms with Crippen LogP contribution >= 0.6 is 11.3 Å². The predicted molar refractivity (Wildman–Crippen MR) is 100 cm³/mol. The molecular formula is C18H28N4O3S. The van der Waals surface area contributed by atoms with Crippen LogP contribution in [0.25, 0.3) is 0 Å². The molecule has 2 saturated heterocycles. The van der Waals surface area contributed by atoms with E-state index in [1.807, 2.05) is 17.2 Å². The standard InChI is InChI=1S/C18H28N4O3S/c1-13-20-14(12-26-13)9-17(23)19-11-16-4-3-15(21(16)2)10-18(24)22-5-7-25-8-6-22/h12,15-16H,3-11H2,1-2H3,(H,19,23)/t15-,16+/m1/s1. The molecule has 1 aromatic rings. The van der Waals surface area contributed by atoms with Crippen LogP contribution in [0.2, 0.25) is 0 Å². The van der Waals surface area contributed by atoms with Gasteiger partial charge >= 0.3 is 0 Å². The van der Waals surface area contributed by atoms with Crippen molar-refractivity contribution in [1.82, 2.24) is 20.1 Å². The van der Waals surface area contributed by atoms with Gasteiger partial charge in [0.15, 0.2) is 0 Å². The van der Waals surface area contributed by atoms with Crippen molar-refractivity contribution in [2.24, 2.45) is 0 Å². The van der Waals surface area contributed by atoms with Crippen LogP contribution in [0, 0.1) is 6.92 Å². The number of carbonyl (C=O) groups is 2. The second-order valence-corrected chi connectivity index (χ2v) is 8.15. The monoisotopic (exact) mass is 380 g/mol. The van der Waals surface area contributed by atoms with Crippen LogP contribution in [0.15, 0.2) is 5.38 Å². The quantitative estimate of drug-likeness (QED) is 0.791. The molecule has 2 atom stereocenters. The van der Waals surface area contributed by atoms with Crippen LogP contribution < -0.4 is 5.32 Å². The van der Waals surface area contributed by atoms with E-state index in [9.17, 15) is 9.59 Å². The zero-order valence-corrected chi connectivity index (χ0v) is 16.4. The summed E-state index contributed by atoms with van der Waals surface area (Å²) in [6, 6.07) is 0.548. The van der Waals surface area contributed by atoms with Gasteiger partial charge in [0.25, 0.3) is 0 Å². The summed E-state index contributed by atoms with van der Waals surface area (Å²) in [5.41, 5.74) is 0.832. The first-order valence-electron chi connectivity index (χ1n) is 9.28. The summed E-state index contributed by atoms with van der Waals surface area (Å²) in [5.74, 6) is 0.227. The van der Waals surface area contributed by atoms with Gasteiger partial charge in [0.05, 0.1) is 30.3 Å². The molecule has 2 aliphatic rings. The summed E-state index contributed by atoms with van der Waals surface area (Å²) < 4.78 is 5.31. The third-order valence-electron chi connectivity index (χ3n) is 5.30. The van der Waals surface area contributed by atoms with Gasteiger partial charge in [-0.25, -0.2) is 4.98 Å². The van der Waals surface area contributed by atoms with E-state index in [2.05, 4.69) is 22.2 Å². The SMILES string of the molecule is Cc1nc(CC(=O)NC[C@@H]2CC[C@H](CC(=O)N3CCOCC3)N2C)cs1. The highest BCUT2D eigenvalue weighted by molar-refractivity contribution is 7.09. The minimum atomic E-state index is 0.0107. The number of aryl methyl sites for hydroxylation is 1. The highest BCUT2D eigenvalue weighted by atomic mass is 32.1. The molecule has 8 heteroatoms. The van der Waals surface area contributed by atoms with E-state index in [1.54, 1.807) is 11.3 Å². The molecule has 0 unspecified atom stereocenters. The number of carbonyl (C=O) groups excluding carboxylic acids is 2. The Labute approximate surface area is 158 Å². The third-order valence-corrected chi connectivity index (χ3v) is 6.12. The van der Waals surface area contributed by atoms with E-state index in [4.69, 9.17) is 4.74 Å². The lowest BCUT2D eigenvalue weighted by molar-refractivity contribution is -0.136. The number of thiazole rings is 1. The molecule has 0 spiro atoms. The van der Waals surface area contributed by atoms with Crippen molar-refractivity contribution in [2.75, 3.05) is 39.9 Å². The fourth-order valence-electron chi connectivity index (χ4n) is 3.67. The number of nitrogens with zero attached hydrogens (tertiary/aromatic N) is 3. The molecule has 0 bridgehead atoms. The molecule has 1 aromatic heterocycles. The van der Waals surface area contributed by atoms with Gasteiger partial charge in [-0.3, -0.25) is 14.5 Å².